The molecule has 4 atom stereocenters. The highest BCUT2D eigenvalue weighted by Gasteiger charge is 2.49. The molecule has 0 aromatic carbocycles. The van der Waals surface area contributed by atoms with E-state index in [-0.39, 0.29) is 24.8 Å². The Morgan fingerprint density at radius 2 is 2.06 bits per heavy atom. The van der Waals surface area contributed by atoms with Crippen molar-refractivity contribution in [2.75, 3.05) is 17.6 Å². The zero-order valence-corrected chi connectivity index (χ0v) is 12.0. The molecule has 1 N–H and O–H groups in total. The number of alkyl halides is 1. The van der Waals surface area contributed by atoms with E-state index in [2.05, 4.69) is 22.6 Å². The number of hydrogen-bond acceptors (Lipinski definition) is 5. The number of carbonyl (C=O) groups excluding carboxylic acids is 1. The number of halogens is 1. The van der Waals surface area contributed by atoms with Gasteiger partial charge in [-0.2, -0.15) is 0 Å². The van der Waals surface area contributed by atoms with Crippen LogP contribution in [0.3, 0.4) is 0 Å². The van der Waals surface area contributed by atoms with Gasteiger partial charge < -0.3 is 19.3 Å². The third kappa shape index (κ3) is 2.59. The summed E-state index contributed by atoms with van der Waals surface area (Å²) < 4.78 is 16.9. The maximum absolute atomic E-state index is 11.9. The lowest BCUT2D eigenvalue weighted by Crippen LogP contribution is -2.38. The van der Waals surface area contributed by atoms with Crippen molar-refractivity contribution in [2.24, 2.45) is 5.41 Å². The second-order valence-electron chi connectivity index (χ2n) is 5.12. The van der Waals surface area contributed by atoms with Gasteiger partial charge in [-0.15, -0.1) is 0 Å². The quantitative estimate of drug-likeness (QED) is 0.454. The monoisotopic (exact) mass is 356 g/mol. The van der Waals surface area contributed by atoms with E-state index < -0.39 is 17.6 Å². The standard InChI is InChI=1S/C11H17IO5/c1-11(2,5-12)10(14)17-7-4-16-8-6(13)3-15-9(7)8/h6-9,13H,3-5H2,1-2H3. The molecule has 2 aliphatic rings. The van der Waals surface area contributed by atoms with Crippen molar-refractivity contribution in [2.45, 2.75) is 38.3 Å². The molecule has 2 fully saturated rings. The molecule has 0 aromatic rings. The average molecular weight is 356 g/mol. The Morgan fingerprint density at radius 1 is 1.41 bits per heavy atom. The average Bonchev–Trinajstić information content (AvgIpc) is 2.84. The highest BCUT2D eigenvalue weighted by atomic mass is 127. The predicted molar refractivity (Wildman–Crippen MR) is 68.0 cm³/mol. The Kier molecular flexibility index (Phi) is 3.96. The Labute approximate surface area is 114 Å². The molecule has 0 bridgehead atoms. The SMILES string of the molecule is CC(C)(CI)C(=O)OC1COC2C(O)COC12. The third-order valence-corrected chi connectivity index (χ3v) is 5.03. The van der Waals surface area contributed by atoms with Gasteiger partial charge in [-0.1, -0.05) is 22.6 Å². The first kappa shape index (κ1) is 13.5. The summed E-state index contributed by atoms with van der Waals surface area (Å²) in [6, 6.07) is 0. The van der Waals surface area contributed by atoms with Crippen LogP contribution in [0.15, 0.2) is 0 Å². The molecule has 0 aromatic heterocycles. The normalized spacial score (nSPS) is 36.9. The van der Waals surface area contributed by atoms with Crippen LogP contribution in [0, 0.1) is 5.41 Å². The van der Waals surface area contributed by atoms with Crippen molar-refractivity contribution in [1.29, 1.82) is 0 Å². The van der Waals surface area contributed by atoms with Gasteiger partial charge in [0.25, 0.3) is 0 Å². The van der Waals surface area contributed by atoms with E-state index >= 15 is 0 Å². The molecule has 2 rings (SSSR count). The first-order valence-corrected chi connectivity index (χ1v) is 7.16. The van der Waals surface area contributed by atoms with Crippen LogP contribution in [0.1, 0.15) is 13.8 Å². The van der Waals surface area contributed by atoms with Crippen molar-refractivity contribution >= 4 is 28.6 Å². The second kappa shape index (κ2) is 4.99. The highest BCUT2D eigenvalue weighted by molar-refractivity contribution is 14.1. The number of hydrogen-bond donors (Lipinski definition) is 1. The van der Waals surface area contributed by atoms with Crippen LogP contribution in [-0.4, -0.2) is 53.1 Å². The van der Waals surface area contributed by atoms with Crippen molar-refractivity contribution in [3.05, 3.63) is 0 Å². The topological polar surface area (TPSA) is 65.0 Å². The summed E-state index contributed by atoms with van der Waals surface area (Å²) in [5.74, 6) is -0.244. The third-order valence-electron chi connectivity index (χ3n) is 3.13. The molecule has 17 heavy (non-hydrogen) atoms. The fourth-order valence-electron chi connectivity index (χ4n) is 1.90. The van der Waals surface area contributed by atoms with Crippen molar-refractivity contribution < 1.29 is 24.1 Å². The lowest BCUT2D eigenvalue weighted by Gasteiger charge is -2.24. The van der Waals surface area contributed by atoms with Crippen LogP contribution in [0.4, 0.5) is 0 Å². The Bertz CT molecular complexity index is 306. The van der Waals surface area contributed by atoms with Gasteiger partial charge >= 0.3 is 5.97 Å². The van der Waals surface area contributed by atoms with Crippen LogP contribution in [-0.2, 0) is 19.0 Å². The number of aliphatic hydroxyl groups excluding tert-OH is 1. The van der Waals surface area contributed by atoms with Gasteiger partial charge in [0, 0.05) is 4.43 Å². The molecule has 2 heterocycles. The number of aliphatic hydroxyl groups is 1. The van der Waals surface area contributed by atoms with E-state index in [1.54, 1.807) is 0 Å². The molecule has 6 heteroatoms. The summed E-state index contributed by atoms with van der Waals surface area (Å²) in [6.45, 7) is 4.24. The van der Waals surface area contributed by atoms with Crippen LogP contribution in [0.5, 0.6) is 0 Å². The molecule has 98 valence electrons. The molecule has 2 aliphatic heterocycles. The van der Waals surface area contributed by atoms with Gasteiger partial charge in [-0.25, -0.2) is 0 Å². The molecule has 0 aliphatic carbocycles. The predicted octanol–water partition coefficient (Wildman–Crippen LogP) is 0.518. The van der Waals surface area contributed by atoms with E-state index in [1.807, 2.05) is 13.8 Å². The minimum Gasteiger partial charge on any atom is -0.457 e. The summed E-state index contributed by atoms with van der Waals surface area (Å²) >= 11 is 2.16. The number of ether oxygens (including phenoxy) is 3. The maximum atomic E-state index is 11.9. The summed E-state index contributed by atoms with van der Waals surface area (Å²) in [6.07, 6.45) is -1.68. The van der Waals surface area contributed by atoms with E-state index in [4.69, 9.17) is 14.2 Å². The maximum Gasteiger partial charge on any atom is 0.312 e. The molecule has 5 nitrogen and oxygen atoms in total. The zero-order chi connectivity index (χ0) is 12.6. The van der Waals surface area contributed by atoms with Gasteiger partial charge in [0.15, 0.2) is 6.10 Å². The largest absolute Gasteiger partial charge is 0.457 e. The number of rotatable bonds is 3. The van der Waals surface area contributed by atoms with Crippen molar-refractivity contribution in [3.63, 3.8) is 0 Å². The fraction of sp³-hybridized carbons (Fsp3) is 0.909. The van der Waals surface area contributed by atoms with Crippen molar-refractivity contribution in [3.8, 4) is 0 Å². The minimum atomic E-state index is -0.610. The van der Waals surface area contributed by atoms with Crippen LogP contribution in [0.2, 0.25) is 0 Å². The first-order valence-electron chi connectivity index (χ1n) is 5.64. The van der Waals surface area contributed by atoms with Crippen molar-refractivity contribution in [1.82, 2.24) is 0 Å². The van der Waals surface area contributed by atoms with Gasteiger partial charge in [0.1, 0.15) is 18.3 Å². The van der Waals surface area contributed by atoms with Gasteiger partial charge in [0.2, 0.25) is 0 Å². The van der Waals surface area contributed by atoms with E-state index in [9.17, 15) is 9.90 Å². The number of esters is 1. The Balaban J connectivity index is 1.95. The Morgan fingerprint density at radius 3 is 2.71 bits per heavy atom. The molecular formula is C11H17IO5. The van der Waals surface area contributed by atoms with Crippen LogP contribution in [0.25, 0.3) is 0 Å². The summed E-state index contributed by atoms with van der Waals surface area (Å²) in [5, 5.41) is 9.57. The molecular weight excluding hydrogens is 339 g/mol. The second-order valence-corrected chi connectivity index (χ2v) is 5.89. The fourth-order valence-corrected chi connectivity index (χ4v) is 2.21. The number of carbonyl (C=O) groups is 1. The molecule has 2 saturated heterocycles. The summed E-state index contributed by atoms with van der Waals surface area (Å²) in [7, 11) is 0. The molecule has 0 radical (unpaired) electrons. The van der Waals surface area contributed by atoms with Gasteiger partial charge in [-0.05, 0) is 13.8 Å². The molecule has 0 saturated carbocycles. The Hall–Kier alpha value is 0.0800. The molecule has 0 spiro atoms. The zero-order valence-electron chi connectivity index (χ0n) is 9.89. The summed E-state index contributed by atoms with van der Waals surface area (Å²) in [4.78, 5) is 11.9. The molecule has 4 unspecified atom stereocenters. The highest BCUT2D eigenvalue weighted by Crippen LogP contribution is 2.30. The summed E-state index contributed by atoms with van der Waals surface area (Å²) in [5.41, 5.74) is -0.504. The van der Waals surface area contributed by atoms with Crippen LogP contribution < -0.4 is 0 Å². The number of fused-ring (bicyclic) bond motifs is 1. The lowest BCUT2D eigenvalue weighted by atomic mass is 9.97. The first-order chi connectivity index (χ1) is 7.95. The van der Waals surface area contributed by atoms with Crippen LogP contribution >= 0.6 is 22.6 Å². The van der Waals surface area contributed by atoms with E-state index in [1.165, 1.54) is 0 Å². The van der Waals surface area contributed by atoms with E-state index in [0.29, 0.717) is 11.0 Å². The minimum absolute atomic E-state index is 0.244. The van der Waals surface area contributed by atoms with Gasteiger partial charge in [0.05, 0.1) is 18.6 Å². The van der Waals surface area contributed by atoms with E-state index in [0.717, 1.165) is 0 Å². The smallest absolute Gasteiger partial charge is 0.312 e. The van der Waals surface area contributed by atoms with Gasteiger partial charge in [-0.3, -0.25) is 4.79 Å². The lowest BCUT2D eigenvalue weighted by molar-refractivity contribution is -0.162. The molecule has 0 amide bonds.